The third kappa shape index (κ3) is 6.71. The van der Waals surface area contributed by atoms with Crippen molar-refractivity contribution in [2.75, 3.05) is 42.7 Å². The number of anilines is 2. The van der Waals surface area contributed by atoms with Crippen molar-refractivity contribution >= 4 is 27.4 Å². The minimum atomic E-state index is -4.56. The number of aromatic nitrogens is 1. The Balaban J connectivity index is 1.77. The first kappa shape index (κ1) is 32.4. The molecule has 4 rings (SSSR count). The SMILES string of the molecule is Cc1cc(C(F)(F)F)cc(C(C)(C)C(=O)N(C)c2cnc(N3CCN(S(C)(=O)=O)C(C)C3)cc2-c2ccccc2CO)c1. The number of carbonyl (C=O) groups is 1. The van der Waals surface area contributed by atoms with Crippen molar-refractivity contribution in [2.45, 2.75) is 51.9 Å². The van der Waals surface area contributed by atoms with Gasteiger partial charge in [0.25, 0.3) is 0 Å². The molecule has 1 atom stereocenters. The van der Waals surface area contributed by atoms with Crippen molar-refractivity contribution < 1.29 is 31.5 Å². The molecule has 1 amide bonds. The Morgan fingerprint density at radius 2 is 1.72 bits per heavy atom. The summed E-state index contributed by atoms with van der Waals surface area (Å²) in [4.78, 5) is 22.0. The number of amides is 1. The molecular formula is C31H37F3N4O4S. The molecule has 3 aromatic rings. The van der Waals surface area contributed by atoms with Gasteiger partial charge in [-0.2, -0.15) is 17.5 Å². The zero-order valence-corrected chi connectivity index (χ0v) is 25.9. The van der Waals surface area contributed by atoms with E-state index in [2.05, 4.69) is 4.98 Å². The summed E-state index contributed by atoms with van der Waals surface area (Å²) in [7, 11) is -1.81. The zero-order valence-electron chi connectivity index (χ0n) is 25.1. The molecule has 0 aliphatic carbocycles. The number of aliphatic hydroxyl groups is 1. The van der Waals surface area contributed by atoms with Gasteiger partial charge >= 0.3 is 6.18 Å². The van der Waals surface area contributed by atoms with Crippen molar-refractivity contribution in [1.29, 1.82) is 0 Å². The summed E-state index contributed by atoms with van der Waals surface area (Å²) in [5.41, 5.74) is 0.765. The molecule has 1 aliphatic heterocycles. The Morgan fingerprint density at radius 3 is 2.33 bits per heavy atom. The monoisotopic (exact) mass is 618 g/mol. The second kappa shape index (κ2) is 11.9. The van der Waals surface area contributed by atoms with Gasteiger partial charge in [-0.15, -0.1) is 0 Å². The van der Waals surface area contributed by atoms with E-state index in [0.717, 1.165) is 12.1 Å². The van der Waals surface area contributed by atoms with E-state index in [9.17, 15) is 31.5 Å². The van der Waals surface area contributed by atoms with Gasteiger partial charge in [-0.25, -0.2) is 13.4 Å². The van der Waals surface area contributed by atoms with Gasteiger partial charge in [0.15, 0.2) is 0 Å². The second-order valence-electron chi connectivity index (χ2n) is 11.6. The number of hydrogen-bond donors (Lipinski definition) is 1. The fourth-order valence-corrected chi connectivity index (χ4v) is 6.75. The Kier molecular flexibility index (Phi) is 8.97. The number of hydrogen-bond acceptors (Lipinski definition) is 6. The van der Waals surface area contributed by atoms with Crippen molar-refractivity contribution in [3.05, 3.63) is 77.0 Å². The second-order valence-corrected chi connectivity index (χ2v) is 13.6. The summed E-state index contributed by atoms with van der Waals surface area (Å²) in [6.45, 7) is 7.40. The van der Waals surface area contributed by atoms with E-state index in [1.54, 1.807) is 52.1 Å². The Labute approximate surface area is 250 Å². The maximum Gasteiger partial charge on any atom is 0.416 e. The number of carbonyl (C=O) groups excluding carboxylic acids is 1. The molecule has 0 bridgehead atoms. The van der Waals surface area contributed by atoms with Crippen LogP contribution in [0.15, 0.2) is 54.7 Å². The van der Waals surface area contributed by atoms with E-state index < -0.39 is 33.1 Å². The van der Waals surface area contributed by atoms with Crippen molar-refractivity contribution in [2.24, 2.45) is 0 Å². The molecule has 1 saturated heterocycles. The number of alkyl halides is 3. The Morgan fingerprint density at radius 1 is 1.07 bits per heavy atom. The summed E-state index contributed by atoms with van der Waals surface area (Å²) >= 11 is 0. The van der Waals surface area contributed by atoms with E-state index in [1.807, 2.05) is 24.0 Å². The molecule has 1 unspecified atom stereocenters. The highest BCUT2D eigenvalue weighted by Gasteiger charge is 2.38. The smallest absolute Gasteiger partial charge is 0.392 e. The zero-order chi connectivity index (χ0) is 31.9. The first-order valence-electron chi connectivity index (χ1n) is 13.8. The lowest BCUT2D eigenvalue weighted by atomic mass is 9.81. The van der Waals surface area contributed by atoms with Crippen molar-refractivity contribution in [3.8, 4) is 11.1 Å². The maximum absolute atomic E-state index is 14.0. The van der Waals surface area contributed by atoms with Crippen molar-refractivity contribution in [3.63, 3.8) is 0 Å². The van der Waals surface area contributed by atoms with E-state index >= 15 is 0 Å². The molecule has 0 spiro atoms. The number of aliphatic hydroxyl groups excluding tert-OH is 1. The van der Waals surface area contributed by atoms with Crippen LogP contribution in [-0.4, -0.2) is 67.7 Å². The molecule has 0 saturated carbocycles. The van der Waals surface area contributed by atoms with Crippen LogP contribution in [0.2, 0.25) is 0 Å². The third-order valence-electron chi connectivity index (χ3n) is 7.99. The topological polar surface area (TPSA) is 94.1 Å². The standard InChI is InChI=1S/C31H37F3N4O4S/c1-20-13-23(15-24(14-20)31(32,33)34)30(3,4)29(40)36(5)27-17-35-28(16-26(27)25-10-8-7-9-22(25)19-39)37-11-12-38(21(2)18-37)43(6,41)42/h7-10,13-17,21,39H,11-12,18-19H2,1-6H3. The highest BCUT2D eigenvalue weighted by Crippen LogP contribution is 2.39. The van der Waals surface area contributed by atoms with Gasteiger partial charge in [0.05, 0.1) is 35.7 Å². The summed E-state index contributed by atoms with van der Waals surface area (Å²) in [5.74, 6) is 0.124. The van der Waals surface area contributed by atoms with Crippen LogP contribution < -0.4 is 9.80 Å². The summed E-state index contributed by atoms with van der Waals surface area (Å²) < 4.78 is 66.6. The Bertz CT molecular complexity index is 1630. The van der Waals surface area contributed by atoms with Gasteiger partial charge in [-0.05, 0) is 62.6 Å². The quantitative estimate of drug-likeness (QED) is 0.402. The molecule has 1 fully saturated rings. The van der Waals surface area contributed by atoms with Crippen LogP contribution in [0.3, 0.4) is 0 Å². The molecule has 0 radical (unpaired) electrons. The molecule has 1 N–H and O–H groups in total. The first-order valence-corrected chi connectivity index (χ1v) is 15.7. The lowest BCUT2D eigenvalue weighted by Gasteiger charge is -2.39. The number of rotatable bonds is 7. The van der Waals surface area contributed by atoms with E-state index in [-0.39, 0.29) is 24.8 Å². The van der Waals surface area contributed by atoms with E-state index in [0.29, 0.717) is 46.8 Å². The third-order valence-corrected chi connectivity index (χ3v) is 9.38. The lowest BCUT2D eigenvalue weighted by Crippen LogP contribution is -2.53. The average Bonchev–Trinajstić information content (AvgIpc) is 2.94. The predicted octanol–water partition coefficient (Wildman–Crippen LogP) is 4.98. The Hall–Kier alpha value is -3.48. The van der Waals surface area contributed by atoms with Crippen LogP contribution in [0.4, 0.5) is 24.7 Å². The van der Waals surface area contributed by atoms with Gasteiger partial charge in [-0.3, -0.25) is 4.79 Å². The molecule has 8 nitrogen and oxygen atoms in total. The van der Waals surface area contributed by atoms with Crippen LogP contribution >= 0.6 is 0 Å². The minimum absolute atomic E-state index is 0.233. The number of halogens is 3. The number of likely N-dealkylation sites (N-methyl/N-ethyl adjacent to an activating group) is 1. The van der Waals surface area contributed by atoms with Crippen LogP contribution in [0.5, 0.6) is 0 Å². The molecular weight excluding hydrogens is 581 g/mol. The maximum atomic E-state index is 14.0. The van der Waals surface area contributed by atoms with Crippen LogP contribution in [0.25, 0.3) is 11.1 Å². The number of nitrogens with zero attached hydrogens (tertiary/aromatic N) is 4. The van der Waals surface area contributed by atoms with Gasteiger partial charge in [0, 0.05) is 38.3 Å². The highest BCUT2D eigenvalue weighted by molar-refractivity contribution is 7.88. The fourth-order valence-electron chi connectivity index (χ4n) is 5.62. The minimum Gasteiger partial charge on any atom is -0.392 e. The van der Waals surface area contributed by atoms with E-state index in [4.69, 9.17) is 0 Å². The molecule has 2 heterocycles. The largest absolute Gasteiger partial charge is 0.416 e. The molecule has 43 heavy (non-hydrogen) atoms. The van der Waals surface area contributed by atoms with Gasteiger partial charge < -0.3 is 14.9 Å². The van der Waals surface area contributed by atoms with Gasteiger partial charge in [0.2, 0.25) is 15.9 Å². The van der Waals surface area contributed by atoms with Crippen LogP contribution in [-0.2, 0) is 33.0 Å². The van der Waals surface area contributed by atoms with Crippen LogP contribution in [0, 0.1) is 6.92 Å². The van der Waals surface area contributed by atoms with Gasteiger partial charge in [-0.1, -0.05) is 35.9 Å². The van der Waals surface area contributed by atoms with Gasteiger partial charge in [0.1, 0.15) is 5.82 Å². The summed E-state index contributed by atoms with van der Waals surface area (Å²) in [6, 6.07) is 12.3. The molecule has 1 aliphatic rings. The van der Waals surface area contributed by atoms with Crippen molar-refractivity contribution in [1.82, 2.24) is 9.29 Å². The average molecular weight is 619 g/mol. The van der Waals surface area contributed by atoms with Crippen LogP contribution in [0.1, 0.15) is 43.0 Å². The number of pyridine rings is 1. The number of sulfonamides is 1. The lowest BCUT2D eigenvalue weighted by molar-refractivity contribution is -0.137. The predicted molar refractivity (Wildman–Crippen MR) is 161 cm³/mol. The fraction of sp³-hybridized carbons (Fsp3) is 0.419. The molecule has 1 aromatic heterocycles. The first-order chi connectivity index (χ1) is 19.9. The summed E-state index contributed by atoms with van der Waals surface area (Å²) in [5, 5.41) is 10.1. The normalized spacial score (nSPS) is 16.8. The number of benzene rings is 2. The highest BCUT2D eigenvalue weighted by atomic mass is 32.2. The molecule has 2 aromatic carbocycles. The molecule has 232 valence electrons. The van der Waals surface area contributed by atoms with E-state index in [1.165, 1.54) is 21.7 Å². The number of aryl methyl sites for hydroxylation is 1. The summed E-state index contributed by atoms with van der Waals surface area (Å²) in [6.07, 6.45) is -1.83. The molecule has 12 heteroatoms. The number of piperazine rings is 1.